The first-order valence-corrected chi connectivity index (χ1v) is 8.89. The normalized spacial score (nSPS) is 12.1. The summed E-state index contributed by atoms with van der Waals surface area (Å²) in [5.74, 6) is -0.853. The van der Waals surface area contributed by atoms with Crippen molar-refractivity contribution in [1.82, 2.24) is 4.57 Å². The number of thiazole rings is 1. The number of benzene rings is 2. The molecule has 3 rings (SSSR count). The number of ether oxygens (including phenoxy) is 1. The van der Waals surface area contributed by atoms with Gasteiger partial charge in [-0.15, -0.1) is 0 Å². The summed E-state index contributed by atoms with van der Waals surface area (Å²) in [4.78, 5) is 17.2. The number of halogens is 3. The molecular weight excluding hydrogens is 386 g/mol. The number of fused-ring (bicyclic) bond motifs is 1. The first kappa shape index (κ1) is 18.1. The molecule has 0 aliphatic rings. The van der Waals surface area contributed by atoms with Gasteiger partial charge in [0.15, 0.2) is 4.80 Å². The monoisotopic (exact) mass is 398 g/mol. The van der Waals surface area contributed by atoms with Crippen molar-refractivity contribution in [1.29, 1.82) is 0 Å². The van der Waals surface area contributed by atoms with Gasteiger partial charge < -0.3 is 9.30 Å². The highest BCUT2D eigenvalue weighted by Crippen LogP contribution is 2.22. The second-order valence-electron chi connectivity index (χ2n) is 5.18. The maximum Gasteiger partial charge on any atom is 0.281 e. The molecule has 0 fully saturated rings. The molecule has 3 aromatic rings. The molecule has 0 aliphatic heterocycles. The minimum Gasteiger partial charge on any atom is -0.383 e. The number of carbonyl (C=O) groups is 1. The Hall–Kier alpha value is -1.73. The van der Waals surface area contributed by atoms with Crippen LogP contribution in [0.2, 0.25) is 10.0 Å². The van der Waals surface area contributed by atoms with Gasteiger partial charge in [0.05, 0.1) is 27.4 Å². The lowest BCUT2D eigenvalue weighted by Gasteiger charge is -2.04. The van der Waals surface area contributed by atoms with E-state index in [0.717, 1.165) is 5.52 Å². The summed E-state index contributed by atoms with van der Waals surface area (Å²) in [5.41, 5.74) is 1.00. The summed E-state index contributed by atoms with van der Waals surface area (Å²) in [6, 6.07) is 9.07. The molecule has 0 saturated carbocycles. The summed E-state index contributed by atoms with van der Waals surface area (Å²) in [6.45, 7) is 0.917. The highest BCUT2D eigenvalue weighted by Gasteiger charge is 2.13. The molecule has 0 atom stereocenters. The Morgan fingerprint density at radius 3 is 2.84 bits per heavy atom. The van der Waals surface area contributed by atoms with Crippen LogP contribution in [0.3, 0.4) is 0 Å². The first-order valence-electron chi connectivity index (χ1n) is 7.31. The number of amides is 1. The molecule has 1 amide bonds. The molecule has 0 N–H and O–H groups in total. The number of carbonyl (C=O) groups excluding carboxylic acids is 1. The predicted octanol–water partition coefficient (Wildman–Crippen LogP) is 4.54. The Morgan fingerprint density at radius 1 is 1.28 bits per heavy atom. The molecule has 1 heterocycles. The second kappa shape index (κ2) is 7.66. The molecule has 0 unspecified atom stereocenters. The SMILES string of the molecule is COCCn1c(=NC(=O)c2cc(Cl)ccc2Cl)sc2cc(F)ccc21. The van der Waals surface area contributed by atoms with Crippen LogP contribution in [-0.4, -0.2) is 24.2 Å². The molecular formula is C17H13Cl2FN2O2S. The zero-order valence-corrected chi connectivity index (χ0v) is 15.5. The maximum absolute atomic E-state index is 13.5. The lowest BCUT2D eigenvalue weighted by atomic mass is 10.2. The molecule has 25 heavy (non-hydrogen) atoms. The van der Waals surface area contributed by atoms with E-state index < -0.39 is 5.91 Å². The van der Waals surface area contributed by atoms with Gasteiger partial charge in [0, 0.05) is 18.7 Å². The fourth-order valence-electron chi connectivity index (χ4n) is 2.34. The van der Waals surface area contributed by atoms with Crippen LogP contribution in [0.1, 0.15) is 10.4 Å². The van der Waals surface area contributed by atoms with Crippen LogP contribution in [0.5, 0.6) is 0 Å². The van der Waals surface area contributed by atoms with Gasteiger partial charge in [-0.25, -0.2) is 4.39 Å². The van der Waals surface area contributed by atoms with Gasteiger partial charge in [-0.3, -0.25) is 4.79 Å². The minimum absolute atomic E-state index is 0.219. The molecule has 0 bridgehead atoms. The van der Waals surface area contributed by atoms with Gasteiger partial charge in [-0.1, -0.05) is 34.5 Å². The molecule has 0 spiro atoms. The zero-order valence-electron chi connectivity index (χ0n) is 13.1. The van der Waals surface area contributed by atoms with Crippen LogP contribution in [0.4, 0.5) is 4.39 Å². The van der Waals surface area contributed by atoms with E-state index in [-0.39, 0.29) is 16.4 Å². The van der Waals surface area contributed by atoms with Crippen LogP contribution in [-0.2, 0) is 11.3 Å². The van der Waals surface area contributed by atoms with Crippen LogP contribution in [0.25, 0.3) is 10.2 Å². The van der Waals surface area contributed by atoms with Crippen molar-refractivity contribution in [3.05, 3.63) is 62.6 Å². The average molecular weight is 399 g/mol. The number of hydrogen-bond acceptors (Lipinski definition) is 3. The quantitative estimate of drug-likeness (QED) is 0.647. The fraction of sp³-hybridized carbons (Fsp3) is 0.176. The Kier molecular flexibility index (Phi) is 5.54. The van der Waals surface area contributed by atoms with E-state index in [0.29, 0.717) is 27.7 Å². The highest BCUT2D eigenvalue weighted by atomic mass is 35.5. The Morgan fingerprint density at radius 2 is 2.08 bits per heavy atom. The summed E-state index contributed by atoms with van der Waals surface area (Å²) < 4.78 is 21.1. The van der Waals surface area contributed by atoms with E-state index >= 15 is 0 Å². The molecule has 8 heteroatoms. The average Bonchev–Trinajstić information content (AvgIpc) is 2.91. The third-order valence-electron chi connectivity index (χ3n) is 3.52. The van der Waals surface area contributed by atoms with Crippen molar-refractivity contribution in [3.8, 4) is 0 Å². The number of methoxy groups -OCH3 is 1. The number of rotatable bonds is 4. The molecule has 130 valence electrons. The van der Waals surface area contributed by atoms with Crippen molar-refractivity contribution in [2.24, 2.45) is 4.99 Å². The minimum atomic E-state index is -0.509. The topological polar surface area (TPSA) is 43.6 Å². The molecule has 0 aliphatic carbocycles. The van der Waals surface area contributed by atoms with E-state index in [9.17, 15) is 9.18 Å². The molecule has 2 aromatic carbocycles. The fourth-order valence-corrected chi connectivity index (χ4v) is 3.79. The largest absolute Gasteiger partial charge is 0.383 e. The van der Waals surface area contributed by atoms with Gasteiger partial charge in [-0.05, 0) is 36.4 Å². The highest BCUT2D eigenvalue weighted by molar-refractivity contribution is 7.16. The Labute approximate surface area is 157 Å². The van der Waals surface area contributed by atoms with Crippen molar-refractivity contribution < 1.29 is 13.9 Å². The zero-order chi connectivity index (χ0) is 18.0. The number of nitrogens with zero attached hydrogens (tertiary/aromatic N) is 2. The van der Waals surface area contributed by atoms with Crippen molar-refractivity contribution >= 4 is 50.7 Å². The lowest BCUT2D eigenvalue weighted by Crippen LogP contribution is -2.19. The van der Waals surface area contributed by atoms with E-state index in [4.69, 9.17) is 27.9 Å². The van der Waals surface area contributed by atoms with Crippen LogP contribution in [0, 0.1) is 5.82 Å². The summed E-state index contributed by atoms with van der Waals surface area (Å²) in [5, 5.41) is 0.669. The van der Waals surface area contributed by atoms with E-state index in [1.54, 1.807) is 25.3 Å². The lowest BCUT2D eigenvalue weighted by molar-refractivity contribution is 0.0997. The number of aromatic nitrogens is 1. The Bertz CT molecular complexity index is 1010. The van der Waals surface area contributed by atoms with Crippen molar-refractivity contribution in [2.45, 2.75) is 6.54 Å². The van der Waals surface area contributed by atoms with Crippen molar-refractivity contribution in [3.63, 3.8) is 0 Å². The first-order chi connectivity index (χ1) is 12.0. The third-order valence-corrected chi connectivity index (χ3v) is 5.13. The second-order valence-corrected chi connectivity index (χ2v) is 7.03. The van der Waals surface area contributed by atoms with Gasteiger partial charge in [0.1, 0.15) is 5.82 Å². The predicted molar refractivity (Wildman–Crippen MR) is 98.0 cm³/mol. The standard InChI is InChI=1S/C17H13Cl2FN2O2S/c1-24-7-6-22-14-5-3-11(20)9-15(14)25-17(22)21-16(23)12-8-10(18)2-4-13(12)19/h2-5,8-9H,6-7H2,1H3. The maximum atomic E-state index is 13.5. The van der Waals surface area contributed by atoms with Gasteiger partial charge >= 0.3 is 0 Å². The summed E-state index contributed by atoms with van der Waals surface area (Å²) in [7, 11) is 1.59. The molecule has 0 radical (unpaired) electrons. The van der Waals surface area contributed by atoms with E-state index in [2.05, 4.69) is 4.99 Å². The van der Waals surface area contributed by atoms with Gasteiger partial charge in [0.2, 0.25) is 0 Å². The molecule has 1 aromatic heterocycles. The summed E-state index contributed by atoms with van der Waals surface area (Å²) in [6.07, 6.45) is 0. The smallest absolute Gasteiger partial charge is 0.281 e. The Balaban J connectivity index is 2.14. The van der Waals surface area contributed by atoms with Crippen LogP contribution < -0.4 is 4.80 Å². The third kappa shape index (κ3) is 3.93. The van der Waals surface area contributed by atoms with Gasteiger partial charge in [-0.2, -0.15) is 4.99 Å². The van der Waals surface area contributed by atoms with Crippen LogP contribution in [0.15, 0.2) is 41.4 Å². The van der Waals surface area contributed by atoms with E-state index in [1.807, 2.05) is 4.57 Å². The van der Waals surface area contributed by atoms with Crippen LogP contribution >= 0.6 is 34.5 Å². The number of hydrogen-bond donors (Lipinski definition) is 0. The van der Waals surface area contributed by atoms with E-state index in [1.165, 1.54) is 29.5 Å². The van der Waals surface area contributed by atoms with Gasteiger partial charge in [0.25, 0.3) is 5.91 Å². The molecule has 4 nitrogen and oxygen atoms in total. The summed E-state index contributed by atoms with van der Waals surface area (Å²) >= 11 is 13.2. The molecule has 0 saturated heterocycles. The van der Waals surface area contributed by atoms with Crippen molar-refractivity contribution in [2.75, 3.05) is 13.7 Å².